The van der Waals surface area contributed by atoms with Crippen molar-refractivity contribution in [3.8, 4) is 0 Å². The average Bonchev–Trinajstić information content (AvgIpc) is 2.24. The van der Waals surface area contributed by atoms with Crippen LogP contribution >= 0.6 is 0 Å². The highest BCUT2D eigenvalue weighted by atomic mass is 28.3. The first-order valence-corrected chi connectivity index (χ1v) is 10.1. The quantitative estimate of drug-likeness (QED) is 0.403. The Morgan fingerprint density at radius 3 is 2.31 bits per heavy atom. The van der Waals surface area contributed by atoms with E-state index in [1.165, 1.54) is 37.7 Å². The summed E-state index contributed by atoms with van der Waals surface area (Å²) in [6, 6.07) is 1.00. The minimum atomic E-state index is -1.16. The second-order valence-electron chi connectivity index (χ2n) is 5.98. The topological polar surface area (TPSA) is 17.1 Å². The molecule has 0 unspecified atom stereocenters. The predicted octanol–water partition coefficient (Wildman–Crippen LogP) is 4.34. The van der Waals surface area contributed by atoms with E-state index in [9.17, 15) is 4.79 Å². The molecule has 0 heterocycles. The minimum absolute atomic E-state index is 0.984. The number of rotatable bonds is 4. The first-order valence-electron chi connectivity index (χ1n) is 6.35. The zero-order chi connectivity index (χ0) is 12.0. The first kappa shape index (κ1) is 13.4. The van der Waals surface area contributed by atoms with Gasteiger partial charge in [0.25, 0.3) is 0 Å². The molecule has 1 fully saturated rings. The van der Waals surface area contributed by atoms with Crippen LogP contribution in [0.15, 0.2) is 23.3 Å². The Balaban J connectivity index is 2.61. The molecule has 0 amide bonds. The largest absolute Gasteiger partial charge is 0.298 e. The van der Waals surface area contributed by atoms with E-state index >= 15 is 0 Å². The lowest BCUT2D eigenvalue weighted by Crippen LogP contribution is -2.20. The summed E-state index contributed by atoms with van der Waals surface area (Å²) in [7, 11) is -1.16. The summed E-state index contributed by atoms with van der Waals surface area (Å²) in [5.74, 6) is 0. The maximum atomic E-state index is 11.0. The van der Waals surface area contributed by atoms with E-state index in [-0.39, 0.29) is 0 Å². The summed E-state index contributed by atoms with van der Waals surface area (Å²) in [6.07, 6.45) is 11.8. The molecule has 0 aromatic rings. The average molecular weight is 236 g/mol. The van der Waals surface area contributed by atoms with Crippen molar-refractivity contribution >= 4 is 14.4 Å². The third kappa shape index (κ3) is 5.45. The van der Waals surface area contributed by atoms with Crippen molar-refractivity contribution < 1.29 is 4.79 Å². The van der Waals surface area contributed by atoms with Gasteiger partial charge in [-0.05, 0) is 37.3 Å². The number of carbonyl (C=O) groups excluding carboxylic acids is 1. The standard InChI is InChI=1S/C14H24OSi/c1-16(2,3)12-14(11-15)10-9-13-7-5-4-6-8-13/h9-11H,4-8,12H2,1-3H3/b14-10-. The predicted molar refractivity (Wildman–Crippen MR) is 73.5 cm³/mol. The van der Waals surface area contributed by atoms with Crippen LogP contribution in [-0.4, -0.2) is 14.4 Å². The third-order valence-corrected chi connectivity index (χ3v) is 4.38. The van der Waals surface area contributed by atoms with E-state index in [4.69, 9.17) is 0 Å². The fourth-order valence-electron chi connectivity index (χ4n) is 2.15. The molecule has 90 valence electrons. The molecule has 1 aliphatic rings. The van der Waals surface area contributed by atoms with E-state index in [2.05, 4.69) is 31.8 Å². The van der Waals surface area contributed by atoms with Gasteiger partial charge in [-0.15, -0.1) is 0 Å². The van der Waals surface area contributed by atoms with Crippen molar-refractivity contribution in [2.75, 3.05) is 0 Å². The lowest BCUT2D eigenvalue weighted by molar-refractivity contribution is -0.104. The van der Waals surface area contributed by atoms with Crippen LogP contribution in [0.25, 0.3) is 0 Å². The van der Waals surface area contributed by atoms with Crippen molar-refractivity contribution in [3.63, 3.8) is 0 Å². The lowest BCUT2D eigenvalue weighted by Gasteiger charge is -2.15. The van der Waals surface area contributed by atoms with Gasteiger partial charge < -0.3 is 0 Å². The van der Waals surface area contributed by atoms with Crippen LogP contribution in [0.4, 0.5) is 0 Å². The van der Waals surface area contributed by atoms with Gasteiger partial charge in [-0.3, -0.25) is 4.79 Å². The Hall–Kier alpha value is -0.633. The zero-order valence-electron chi connectivity index (χ0n) is 10.9. The van der Waals surface area contributed by atoms with Crippen LogP contribution in [-0.2, 0) is 4.79 Å². The zero-order valence-corrected chi connectivity index (χ0v) is 11.9. The smallest absolute Gasteiger partial charge is 0.145 e. The molecular weight excluding hydrogens is 212 g/mol. The van der Waals surface area contributed by atoms with Crippen LogP contribution in [0.2, 0.25) is 25.7 Å². The SMILES string of the molecule is C[Si](C)(C)C/C(C=O)=C\C=C1CCCCC1. The van der Waals surface area contributed by atoms with Gasteiger partial charge >= 0.3 is 0 Å². The van der Waals surface area contributed by atoms with Gasteiger partial charge in [0.2, 0.25) is 0 Å². The van der Waals surface area contributed by atoms with Gasteiger partial charge in [0.05, 0.1) is 0 Å². The summed E-state index contributed by atoms with van der Waals surface area (Å²) in [4.78, 5) is 11.0. The Bertz CT molecular complexity index is 286. The number of aldehydes is 1. The van der Waals surface area contributed by atoms with Gasteiger partial charge in [-0.1, -0.05) is 43.8 Å². The molecule has 1 nitrogen and oxygen atoms in total. The van der Waals surface area contributed by atoms with E-state index in [1.807, 2.05) is 0 Å². The molecule has 0 aliphatic heterocycles. The molecule has 0 atom stereocenters. The van der Waals surface area contributed by atoms with Crippen molar-refractivity contribution in [1.82, 2.24) is 0 Å². The molecule has 1 saturated carbocycles. The van der Waals surface area contributed by atoms with Crippen molar-refractivity contribution in [3.05, 3.63) is 23.3 Å². The molecule has 2 heteroatoms. The van der Waals surface area contributed by atoms with E-state index in [1.54, 1.807) is 0 Å². The van der Waals surface area contributed by atoms with Crippen molar-refractivity contribution in [2.45, 2.75) is 57.8 Å². The Morgan fingerprint density at radius 1 is 1.19 bits per heavy atom. The summed E-state index contributed by atoms with van der Waals surface area (Å²) in [5, 5.41) is 0. The van der Waals surface area contributed by atoms with Gasteiger partial charge in [-0.2, -0.15) is 0 Å². The van der Waals surface area contributed by atoms with Gasteiger partial charge in [0.1, 0.15) is 6.29 Å². The summed E-state index contributed by atoms with van der Waals surface area (Å²) < 4.78 is 0. The van der Waals surface area contributed by atoms with E-state index in [0.29, 0.717) is 0 Å². The number of allylic oxidation sites excluding steroid dienone is 4. The van der Waals surface area contributed by atoms with Crippen LogP contribution in [0.3, 0.4) is 0 Å². The molecule has 16 heavy (non-hydrogen) atoms. The second kappa shape index (κ2) is 6.19. The minimum Gasteiger partial charge on any atom is -0.298 e. The molecule has 0 spiro atoms. The number of hydrogen-bond acceptors (Lipinski definition) is 1. The maximum absolute atomic E-state index is 11.0. The fourth-order valence-corrected chi connectivity index (χ4v) is 3.58. The summed E-state index contributed by atoms with van der Waals surface area (Å²) in [5.41, 5.74) is 2.51. The Kier molecular flexibility index (Phi) is 5.20. The van der Waals surface area contributed by atoms with Crippen molar-refractivity contribution in [1.29, 1.82) is 0 Å². The molecule has 0 saturated heterocycles. The van der Waals surface area contributed by atoms with E-state index in [0.717, 1.165) is 17.9 Å². The number of carbonyl (C=O) groups is 1. The fraction of sp³-hybridized carbons (Fsp3) is 0.643. The Morgan fingerprint density at radius 2 is 1.81 bits per heavy atom. The van der Waals surface area contributed by atoms with Crippen LogP contribution in [0.1, 0.15) is 32.1 Å². The maximum Gasteiger partial charge on any atom is 0.145 e. The number of hydrogen-bond donors (Lipinski definition) is 0. The molecule has 1 aliphatic carbocycles. The summed E-state index contributed by atoms with van der Waals surface area (Å²) in [6.45, 7) is 6.91. The van der Waals surface area contributed by atoms with Crippen LogP contribution in [0, 0.1) is 0 Å². The summed E-state index contributed by atoms with van der Waals surface area (Å²) >= 11 is 0. The highest BCUT2D eigenvalue weighted by Crippen LogP contribution is 2.23. The van der Waals surface area contributed by atoms with E-state index < -0.39 is 8.07 Å². The Labute approximate surface area is 101 Å². The third-order valence-electron chi connectivity index (χ3n) is 2.91. The molecule has 0 radical (unpaired) electrons. The van der Waals surface area contributed by atoms with Gasteiger partial charge in [-0.25, -0.2) is 0 Å². The lowest BCUT2D eigenvalue weighted by atomic mass is 9.94. The highest BCUT2D eigenvalue weighted by Gasteiger charge is 2.14. The monoisotopic (exact) mass is 236 g/mol. The molecule has 0 N–H and O–H groups in total. The van der Waals surface area contributed by atoms with Crippen LogP contribution < -0.4 is 0 Å². The van der Waals surface area contributed by atoms with Crippen LogP contribution in [0.5, 0.6) is 0 Å². The highest BCUT2D eigenvalue weighted by molar-refractivity contribution is 6.76. The second-order valence-corrected chi connectivity index (χ2v) is 11.5. The molecule has 0 bridgehead atoms. The molecule has 0 aromatic carbocycles. The normalized spacial score (nSPS) is 18.4. The molecular formula is C14H24OSi. The van der Waals surface area contributed by atoms with Gasteiger partial charge in [0, 0.05) is 8.07 Å². The first-order chi connectivity index (χ1) is 7.51. The van der Waals surface area contributed by atoms with Gasteiger partial charge in [0.15, 0.2) is 0 Å². The van der Waals surface area contributed by atoms with Crippen molar-refractivity contribution in [2.24, 2.45) is 0 Å². The molecule has 0 aromatic heterocycles. The molecule has 1 rings (SSSR count).